The van der Waals surface area contributed by atoms with E-state index in [2.05, 4.69) is 62.3 Å². The van der Waals surface area contributed by atoms with Gasteiger partial charge in [0.1, 0.15) is 0 Å². The third-order valence-electron chi connectivity index (χ3n) is 4.46. The van der Waals surface area contributed by atoms with Crippen LogP contribution in [0.5, 0.6) is 0 Å². The van der Waals surface area contributed by atoms with Gasteiger partial charge in [-0.15, -0.1) is 16.4 Å². The van der Waals surface area contributed by atoms with Crippen molar-refractivity contribution in [3.8, 4) is 0 Å². The first-order valence-corrected chi connectivity index (χ1v) is 8.81. The van der Waals surface area contributed by atoms with Gasteiger partial charge in [0.15, 0.2) is 0 Å². The SMILES string of the molecule is CNC1CN(C2=CCC(C)C=C(c3cccs3)n3nnnc32)C1. The maximum absolute atomic E-state index is 4.31. The second-order valence-corrected chi connectivity index (χ2v) is 7.08. The van der Waals surface area contributed by atoms with E-state index in [1.54, 1.807) is 11.3 Å². The fourth-order valence-corrected chi connectivity index (χ4v) is 3.78. The molecule has 4 heterocycles. The summed E-state index contributed by atoms with van der Waals surface area (Å²) in [6.45, 7) is 4.24. The zero-order chi connectivity index (χ0) is 15.8. The number of hydrogen-bond donors (Lipinski definition) is 1. The number of tetrazole rings is 1. The number of thiophene rings is 1. The second-order valence-electron chi connectivity index (χ2n) is 6.14. The van der Waals surface area contributed by atoms with Crippen LogP contribution in [0.2, 0.25) is 0 Å². The van der Waals surface area contributed by atoms with E-state index in [0.717, 1.165) is 36.7 Å². The van der Waals surface area contributed by atoms with E-state index < -0.39 is 0 Å². The Labute approximate surface area is 139 Å². The summed E-state index contributed by atoms with van der Waals surface area (Å²) in [5.41, 5.74) is 2.24. The molecule has 1 saturated heterocycles. The van der Waals surface area contributed by atoms with E-state index in [0.29, 0.717) is 12.0 Å². The summed E-state index contributed by atoms with van der Waals surface area (Å²) in [4.78, 5) is 3.55. The smallest absolute Gasteiger partial charge is 0.202 e. The van der Waals surface area contributed by atoms with Crippen LogP contribution in [0.4, 0.5) is 0 Å². The van der Waals surface area contributed by atoms with Gasteiger partial charge in [-0.3, -0.25) is 0 Å². The highest BCUT2D eigenvalue weighted by molar-refractivity contribution is 7.11. The summed E-state index contributed by atoms with van der Waals surface area (Å²) in [6.07, 6.45) is 5.55. The third-order valence-corrected chi connectivity index (χ3v) is 5.35. The van der Waals surface area contributed by atoms with Crippen molar-refractivity contribution >= 4 is 22.7 Å². The first-order valence-electron chi connectivity index (χ1n) is 7.93. The number of rotatable bonds is 3. The van der Waals surface area contributed by atoms with Crippen LogP contribution in [0.25, 0.3) is 11.4 Å². The molecular formula is C16H20N6S. The zero-order valence-corrected chi connectivity index (χ0v) is 14.1. The van der Waals surface area contributed by atoms with Gasteiger partial charge in [0.05, 0.1) is 16.3 Å². The van der Waals surface area contributed by atoms with Gasteiger partial charge in [-0.25, -0.2) is 0 Å². The number of likely N-dealkylation sites (tertiary alicyclic amines) is 1. The highest BCUT2D eigenvalue weighted by atomic mass is 32.1. The summed E-state index contributed by atoms with van der Waals surface area (Å²) in [7, 11) is 2.01. The van der Waals surface area contributed by atoms with Gasteiger partial charge in [0.2, 0.25) is 5.82 Å². The number of likely N-dealkylation sites (N-methyl/N-ethyl adjacent to an activating group) is 1. The van der Waals surface area contributed by atoms with Crippen LogP contribution in [-0.2, 0) is 0 Å². The Kier molecular flexibility index (Phi) is 3.74. The molecule has 1 fully saturated rings. The van der Waals surface area contributed by atoms with Crippen LogP contribution in [0.1, 0.15) is 24.0 Å². The van der Waals surface area contributed by atoms with Crippen LogP contribution < -0.4 is 5.32 Å². The number of nitrogens with one attached hydrogen (secondary N) is 1. The largest absolute Gasteiger partial charge is 0.365 e. The quantitative estimate of drug-likeness (QED) is 0.933. The molecule has 2 aliphatic rings. The van der Waals surface area contributed by atoms with Crippen LogP contribution in [0.3, 0.4) is 0 Å². The van der Waals surface area contributed by atoms with Crippen molar-refractivity contribution in [2.75, 3.05) is 20.1 Å². The van der Waals surface area contributed by atoms with Crippen LogP contribution in [0, 0.1) is 5.92 Å². The summed E-state index contributed by atoms with van der Waals surface area (Å²) in [6, 6.07) is 4.74. The molecule has 0 bridgehead atoms. The van der Waals surface area contributed by atoms with Crippen LogP contribution in [-0.4, -0.2) is 51.3 Å². The predicted molar refractivity (Wildman–Crippen MR) is 91.7 cm³/mol. The molecule has 0 aromatic carbocycles. The molecule has 6 nitrogen and oxygen atoms in total. The van der Waals surface area contributed by atoms with E-state index in [-0.39, 0.29) is 0 Å². The lowest BCUT2D eigenvalue weighted by molar-refractivity contribution is 0.209. The lowest BCUT2D eigenvalue weighted by Gasteiger charge is -2.42. The van der Waals surface area contributed by atoms with Gasteiger partial charge in [-0.05, 0) is 41.3 Å². The molecule has 0 amide bonds. The van der Waals surface area contributed by atoms with E-state index >= 15 is 0 Å². The lowest BCUT2D eigenvalue weighted by Crippen LogP contribution is -2.56. The van der Waals surface area contributed by atoms with Crippen LogP contribution in [0.15, 0.2) is 29.7 Å². The molecule has 2 aliphatic heterocycles. The van der Waals surface area contributed by atoms with Crippen molar-refractivity contribution in [2.24, 2.45) is 5.92 Å². The fourth-order valence-electron chi connectivity index (χ4n) is 3.05. The molecule has 2 aromatic rings. The molecule has 0 saturated carbocycles. The normalized spacial score (nSPS) is 21.8. The molecule has 0 radical (unpaired) electrons. The monoisotopic (exact) mass is 328 g/mol. The van der Waals surface area contributed by atoms with Crippen molar-refractivity contribution in [1.29, 1.82) is 0 Å². The molecule has 1 atom stereocenters. The average molecular weight is 328 g/mol. The lowest BCUT2D eigenvalue weighted by atomic mass is 10.0. The molecule has 23 heavy (non-hydrogen) atoms. The predicted octanol–water partition coefficient (Wildman–Crippen LogP) is 1.91. The second kappa shape index (κ2) is 5.90. The molecule has 1 unspecified atom stereocenters. The number of allylic oxidation sites excluding steroid dienone is 2. The summed E-state index contributed by atoms with van der Waals surface area (Å²) in [5, 5.41) is 17.9. The minimum absolute atomic E-state index is 0.445. The summed E-state index contributed by atoms with van der Waals surface area (Å²) in [5.74, 6) is 1.28. The van der Waals surface area contributed by atoms with Gasteiger partial charge < -0.3 is 10.2 Å². The van der Waals surface area contributed by atoms with Gasteiger partial charge in [0, 0.05) is 19.1 Å². The molecule has 0 aliphatic carbocycles. The maximum Gasteiger partial charge on any atom is 0.202 e. The van der Waals surface area contributed by atoms with Gasteiger partial charge >= 0.3 is 0 Å². The molecular weight excluding hydrogens is 308 g/mol. The van der Waals surface area contributed by atoms with Gasteiger partial charge in [-0.2, -0.15) is 4.68 Å². The molecule has 4 rings (SSSR count). The summed E-state index contributed by atoms with van der Waals surface area (Å²) >= 11 is 1.72. The third kappa shape index (κ3) is 2.60. The molecule has 1 N–H and O–H groups in total. The van der Waals surface area contributed by atoms with E-state index in [4.69, 9.17) is 0 Å². The average Bonchev–Trinajstić information content (AvgIpc) is 3.16. The molecule has 2 aromatic heterocycles. The Bertz CT molecular complexity index is 738. The van der Waals surface area contributed by atoms with Crippen LogP contribution >= 0.6 is 11.3 Å². The summed E-state index contributed by atoms with van der Waals surface area (Å²) < 4.78 is 1.89. The Morgan fingerprint density at radius 2 is 2.17 bits per heavy atom. The standard InChI is InChI=1S/C16H20N6S/c1-11-5-6-13(21-9-12(10-21)17-2)16-18-19-20-22(16)14(8-11)15-4-3-7-23-15/h3-4,6-8,11-12,17H,5,9-10H2,1-2H3. The van der Waals surface area contributed by atoms with Crippen molar-refractivity contribution < 1.29 is 0 Å². The molecule has 120 valence electrons. The number of aromatic nitrogens is 4. The van der Waals surface area contributed by atoms with Crippen molar-refractivity contribution in [2.45, 2.75) is 19.4 Å². The minimum Gasteiger partial charge on any atom is -0.365 e. The van der Waals surface area contributed by atoms with Gasteiger partial charge in [0.25, 0.3) is 0 Å². The fraction of sp³-hybridized carbons (Fsp3) is 0.438. The van der Waals surface area contributed by atoms with Crippen molar-refractivity contribution in [1.82, 2.24) is 30.4 Å². The zero-order valence-electron chi connectivity index (χ0n) is 13.3. The van der Waals surface area contributed by atoms with E-state index in [1.165, 1.54) is 4.88 Å². The van der Waals surface area contributed by atoms with Gasteiger partial charge in [-0.1, -0.05) is 25.1 Å². The number of fused-ring (bicyclic) bond motifs is 1. The van der Waals surface area contributed by atoms with E-state index in [9.17, 15) is 0 Å². The number of nitrogens with zero attached hydrogens (tertiary/aromatic N) is 5. The highest BCUT2D eigenvalue weighted by Crippen LogP contribution is 2.32. The first kappa shape index (κ1) is 14.6. The Hall–Kier alpha value is -1.99. The maximum atomic E-state index is 4.31. The van der Waals surface area contributed by atoms with Crippen molar-refractivity contribution in [3.05, 3.63) is 40.4 Å². The topological polar surface area (TPSA) is 58.9 Å². The number of hydrogen-bond acceptors (Lipinski definition) is 6. The minimum atomic E-state index is 0.445. The molecule has 0 spiro atoms. The molecule has 7 heteroatoms. The van der Waals surface area contributed by atoms with E-state index in [1.807, 2.05) is 11.7 Å². The Morgan fingerprint density at radius 1 is 1.30 bits per heavy atom. The Morgan fingerprint density at radius 3 is 2.91 bits per heavy atom. The van der Waals surface area contributed by atoms with Crippen molar-refractivity contribution in [3.63, 3.8) is 0 Å². The first-order chi connectivity index (χ1) is 11.3. The Balaban J connectivity index is 1.75. The highest BCUT2D eigenvalue weighted by Gasteiger charge is 2.31.